The van der Waals surface area contributed by atoms with Gasteiger partial charge in [0.2, 0.25) is 0 Å². The summed E-state index contributed by atoms with van der Waals surface area (Å²) in [6.07, 6.45) is 10.4. The molecule has 0 aromatic heterocycles. The quantitative estimate of drug-likeness (QED) is 0.304. The van der Waals surface area contributed by atoms with E-state index in [1.165, 1.54) is 51.4 Å². The Kier molecular flexibility index (Phi) is 15.0. The molecule has 0 spiro atoms. The van der Waals surface area contributed by atoms with Gasteiger partial charge in [0.1, 0.15) is 0 Å². The minimum absolute atomic E-state index is 0.659. The highest BCUT2D eigenvalue weighted by molar-refractivity contribution is 8.21. The first-order chi connectivity index (χ1) is 10.7. The zero-order valence-electron chi connectivity index (χ0n) is 15.7. The third kappa shape index (κ3) is 10.1. The molecule has 0 aliphatic carbocycles. The lowest BCUT2D eigenvalue weighted by molar-refractivity contribution is 0.180. The van der Waals surface area contributed by atoms with Gasteiger partial charge in [0.05, 0.1) is 30.7 Å². The van der Waals surface area contributed by atoms with Crippen LogP contribution in [0.15, 0.2) is 0 Å². The molecule has 22 heavy (non-hydrogen) atoms. The van der Waals surface area contributed by atoms with Gasteiger partial charge in [-0.1, -0.05) is 52.4 Å². The van der Waals surface area contributed by atoms with E-state index in [1.54, 1.807) is 0 Å². The Labute approximate surface area is 141 Å². The van der Waals surface area contributed by atoms with Crippen LogP contribution in [-0.4, -0.2) is 25.6 Å². The standard InChI is InChI=1S/C18H40O3S/c1-6-11-13-15-18(16-14-12-7-2)17-22(19-8-3,20-9-4)21-10-5/h18H,6-17H2,1-5H3. The molecule has 4 heteroatoms. The summed E-state index contributed by atoms with van der Waals surface area (Å²) in [5, 5.41) is 0. The lowest BCUT2D eigenvalue weighted by Crippen LogP contribution is -2.22. The summed E-state index contributed by atoms with van der Waals surface area (Å²) in [7, 11) is -1.82. The molecule has 0 heterocycles. The first kappa shape index (κ1) is 22.2. The van der Waals surface area contributed by atoms with Crippen LogP contribution in [-0.2, 0) is 12.5 Å². The lowest BCUT2D eigenvalue weighted by Gasteiger charge is -2.39. The summed E-state index contributed by atoms with van der Waals surface area (Å²) in [4.78, 5) is 0. The Morgan fingerprint density at radius 3 is 1.36 bits per heavy atom. The Hall–Kier alpha value is 0.230. The molecule has 0 aliphatic rings. The van der Waals surface area contributed by atoms with Crippen LogP contribution in [0.25, 0.3) is 0 Å². The molecule has 3 nitrogen and oxygen atoms in total. The highest BCUT2D eigenvalue weighted by atomic mass is 32.3. The second-order valence-electron chi connectivity index (χ2n) is 5.80. The summed E-state index contributed by atoms with van der Waals surface area (Å²) in [6, 6.07) is 0. The smallest absolute Gasteiger partial charge is 0.0890 e. The van der Waals surface area contributed by atoms with Crippen LogP contribution in [0, 0.1) is 5.92 Å². The summed E-state index contributed by atoms with van der Waals surface area (Å²) < 4.78 is 18.0. The minimum Gasteiger partial charge on any atom is -0.293 e. The van der Waals surface area contributed by atoms with Crippen molar-refractivity contribution in [3.8, 4) is 0 Å². The Morgan fingerprint density at radius 1 is 0.636 bits per heavy atom. The first-order valence-corrected chi connectivity index (χ1v) is 11.0. The molecule has 136 valence electrons. The van der Waals surface area contributed by atoms with Crippen LogP contribution in [0.4, 0.5) is 0 Å². The van der Waals surface area contributed by atoms with Gasteiger partial charge in [0.15, 0.2) is 0 Å². The summed E-state index contributed by atoms with van der Waals surface area (Å²) in [5.74, 6) is 1.61. The Bertz CT molecular complexity index is 209. The molecule has 0 amide bonds. The molecule has 0 N–H and O–H groups in total. The van der Waals surface area contributed by atoms with Gasteiger partial charge in [-0.25, -0.2) is 0 Å². The van der Waals surface area contributed by atoms with Crippen LogP contribution in [0.1, 0.15) is 86.0 Å². The highest BCUT2D eigenvalue weighted by Gasteiger charge is 2.30. The predicted octanol–water partition coefficient (Wildman–Crippen LogP) is 6.42. The van der Waals surface area contributed by atoms with Crippen molar-refractivity contribution in [2.45, 2.75) is 86.0 Å². The van der Waals surface area contributed by atoms with Crippen molar-refractivity contribution in [3.05, 3.63) is 0 Å². The molecule has 0 aromatic rings. The largest absolute Gasteiger partial charge is 0.293 e. The zero-order valence-corrected chi connectivity index (χ0v) is 16.5. The molecule has 0 aromatic carbocycles. The number of hydrogen-bond donors (Lipinski definition) is 0. The van der Waals surface area contributed by atoms with E-state index in [1.807, 2.05) is 20.8 Å². The molecule has 0 saturated carbocycles. The average Bonchev–Trinajstić information content (AvgIpc) is 2.48. The van der Waals surface area contributed by atoms with Gasteiger partial charge in [-0.2, -0.15) is 0 Å². The maximum Gasteiger partial charge on any atom is 0.0890 e. The number of rotatable bonds is 16. The predicted molar refractivity (Wildman–Crippen MR) is 99.1 cm³/mol. The van der Waals surface area contributed by atoms with Crippen LogP contribution in [0.5, 0.6) is 0 Å². The lowest BCUT2D eigenvalue weighted by atomic mass is 9.97. The Morgan fingerprint density at radius 2 is 1.05 bits per heavy atom. The highest BCUT2D eigenvalue weighted by Crippen LogP contribution is 2.53. The number of unbranched alkanes of at least 4 members (excludes halogenated alkanes) is 4. The van der Waals surface area contributed by atoms with E-state index >= 15 is 0 Å². The van der Waals surface area contributed by atoms with Gasteiger partial charge in [0, 0.05) is 5.75 Å². The van der Waals surface area contributed by atoms with Crippen LogP contribution in [0.3, 0.4) is 0 Å². The van der Waals surface area contributed by atoms with Crippen LogP contribution >= 0.6 is 10.9 Å². The van der Waals surface area contributed by atoms with Gasteiger partial charge in [-0.3, -0.25) is 12.5 Å². The van der Waals surface area contributed by atoms with Crippen molar-refractivity contribution >= 4 is 10.9 Å². The molecule has 0 bridgehead atoms. The van der Waals surface area contributed by atoms with Crippen LogP contribution < -0.4 is 0 Å². The summed E-state index contributed by atoms with van der Waals surface area (Å²) in [5.41, 5.74) is 0. The van der Waals surface area contributed by atoms with E-state index in [0.29, 0.717) is 25.7 Å². The SMILES string of the molecule is CCCCCC(CCCCC)CS(OCC)(OCC)OCC. The molecule has 0 unspecified atom stereocenters. The van der Waals surface area contributed by atoms with Gasteiger partial charge >= 0.3 is 0 Å². The molecule has 0 radical (unpaired) electrons. The zero-order chi connectivity index (χ0) is 16.7. The number of hydrogen-bond acceptors (Lipinski definition) is 3. The van der Waals surface area contributed by atoms with Gasteiger partial charge < -0.3 is 0 Å². The fourth-order valence-electron chi connectivity index (χ4n) is 2.75. The maximum atomic E-state index is 5.99. The molecular formula is C18H40O3S. The maximum absolute atomic E-state index is 5.99. The second-order valence-corrected chi connectivity index (χ2v) is 7.96. The van der Waals surface area contributed by atoms with Crippen molar-refractivity contribution < 1.29 is 12.5 Å². The van der Waals surface area contributed by atoms with E-state index in [4.69, 9.17) is 12.5 Å². The fourth-order valence-corrected chi connectivity index (χ4v) is 5.23. The third-order valence-corrected chi connectivity index (χ3v) is 6.43. The van der Waals surface area contributed by atoms with Crippen molar-refractivity contribution in [2.75, 3.05) is 25.6 Å². The monoisotopic (exact) mass is 336 g/mol. The Balaban J connectivity index is 4.72. The second kappa shape index (κ2) is 14.8. The van der Waals surface area contributed by atoms with E-state index in [0.717, 1.165) is 5.75 Å². The molecule has 0 aliphatic heterocycles. The topological polar surface area (TPSA) is 27.7 Å². The van der Waals surface area contributed by atoms with E-state index in [2.05, 4.69) is 13.8 Å². The van der Waals surface area contributed by atoms with Crippen molar-refractivity contribution in [3.63, 3.8) is 0 Å². The van der Waals surface area contributed by atoms with Crippen molar-refractivity contribution in [1.82, 2.24) is 0 Å². The molecule has 0 atom stereocenters. The molecule has 0 fully saturated rings. The van der Waals surface area contributed by atoms with E-state index in [9.17, 15) is 0 Å². The summed E-state index contributed by atoms with van der Waals surface area (Å²) in [6.45, 7) is 12.6. The first-order valence-electron chi connectivity index (χ1n) is 9.41. The van der Waals surface area contributed by atoms with Gasteiger partial charge in [0.25, 0.3) is 0 Å². The summed E-state index contributed by atoms with van der Waals surface area (Å²) >= 11 is 0. The fraction of sp³-hybridized carbons (Fsp3) is 1.00. The molecule has 0 saturated heterocycles. The average molecular weight is 337 g/mol. The van der Waals surface area contributed by atoms with Crippen molar-refractivity contribution in [2.24, 2.45) is 5.92 Å². The van der Waals surface area contributed by atoms with E-state index < -0.39 is 10.9 Å². The van der Waals surface area contributed by atoms with Crippen LogP contribution in [0.2, 0.25) is 0 Å². The normalized spacial score (nSPS) is 13.0. The molecular weight excluding hydrogens is 296 g/mol. The third-order valence-electron chi connectivity index (χ3n) is 3.76. The van der Waals surface area contributed by atoms with Crippen molar-refractivity contribution in [1.29, 1.82) is 0 Å². The van der Waals surface area contributed by atoms with Gasteiger partial charge in [-0.15, -0.1) is 0 Å². The van der Waals surface area contributed by atoms with Gasteiger partial charge in [-0.05, 0) is 39.5 Å². The van der Waals surface area contributed by atoms with E-state index in [-0.39, 0.29) is 0 Å². The molecule has 0 rings (SSSR count). The minimum atomic E-state index is -1.82.